The van der Waals surface area contributed by atoms with Crippen LogP contribution in [0.2, 0.25) is 0 Å². The molecule has 0 amide bonds. The predicted octanol–water partition coefficient (Wildman–Crippen LogP) is 3.18. The molecule has 3 heteroatoms. The Labute approximate surface area is 111 Å². The van der Waals surface area contributed by atoms with E-state index in [9.17, 15) is 4.79 Å². The van der Waals surface area contributed by atoms with Crippen molar-refractivity contribution in [2.75, 3.05) is 5.73 Å². The lowest BCUT2D eigenvalue weighted by Gasteiger charge is -2.00. The molecule has 2 aromatic carbocycles. The first-order valence-electron chi connectivity index (χ1n) is 6.18. The molecular formula is C16H14N2O. The van der Waals surface area contributed by atoms with Crippen LogP contribution in [0.5, 0.6) is 0 Å². The van der Waals surface area contributed by atoms with Gasteiger partial charge in [-0.15, -0.1) is 0 Å². The number of H-pyrrole nitrogens is 1. The number of ketones is 1. The summed E-state index contributed by atoms with van der Waals surface area (Å²) in [4.78, 5) is 15.4. The number of nitrogens with one attached hydrogen (secondary N) is 1. The Morgan fingerprint density at radius 3 is 2.68 bits per heavy atom. The van der Waals surface area contributed by atoms with E-state index in [0.29, 0.717) is 12.1 Å². The van der Waals surface area contributed by atoms with Crippen molar-refractivity contribution in [3.05, 3.63) is 65.9 Å². The second-order valence-corrected chi connectivity index (χ2v) is 4.59. The fourth-order valence-corrected chi connectivity index (χ4v) is 2.25. The van der Waals surface area contributed by atoms with Crippen molar-refractivity contribution in [2.45, 2.75) is 6.42 Å². The number of carbonyl (C=O) groups excluding carboxylic acids is 1. The fourth-order valence-electron chi connectivity index (χ4n) is 2.25. The highest BCUT2D eigenvalue weighted by molar-refractivity contribution is 6.09. The normalized spacial score (nSPS) is 10.7. The third kappa shape index (κ3) is 2.22. The van der Waals surface area contributed by atoms with Crippen LogP contribution in [0.1, 0.15) is 15.9 Å². The smallest absolute Gasteiger partial charge is 0.169 e. The van der Waals surface area contributed by atoms with Crippen molar-refractivity contribution in [2.24, 2.45) is 0 Å². The molecule has 0 radical (unpaired) electrons. The second-order valence-electron chi connectivity index (χ2n) is 4.59. The van der Waals surface area contributed by atoms with Gasteiger partial charge in [-0.25, -0.2) is 0 Å². The standard InChI is InChI=1S/C16H14N2O/c17-12-6-7-13-14(10-18-15(13)9-12)16(19)8-11-4-2-1-3-5-11/h1-7,9-10,18H,8,17H2. The van der Waals surface area contributed by atoms with Gasteiger partial charge in [0.2, 0.25) is 0 Å². The first kappa shape index (κ1) is 11.5. The number of anilines is 1. The van der Waals surface area contributed by atoms with Crippen LogP contribution in [0.15, 0.2) is 54.7 Å². The molecule has 3 rings (SSSR count). The van der Waals surface area contributed by atoms with Crippen molar-refractivity contribution in [1.29, 1.82) is 0 Å². The van der Waals surface area contributed by atoms with Crippen LogP contribution in [0.3, 0.4) is 0 Å². The number of fused-ring (bicyclic) bond motifs is 1. The van der Waals surface area contributed by atoms with E-state index in [0.717, 1.165) is 22.0 Å². The molecule has 0 fully saturated rings. The lowest BCUT2D eigenvalue weighted by atomic mass is 10.0. The van der Waals surface area contributed by atoms with Gasteiger partial charge in [0.25, 0.3) is 0 Å². The highest BCUT2D eigenvalue weighted by Gasteiger charge is 2.12. The molecule has 1 aromatic heterocycles. The summed E-state index contributed by atoms with van der Waals surface area (Å²) in [6, 6.07) is 15.3. The topological polar surface area (TPSA) is 58.9 Å². The van der Waals surface area contributed by atoms with Crippen molar-refractivity contribution in [3.8, 4) is 0 Å². The first-order chi connectivity index (χ1) is 9.24. The van der Waals surface area contributed by atoms with Crippen LogP contribution >= 0.6 is 0 Å². The number of aromatic nitrogens is 1. The predicted molar refractivity (Wildman–Crippen MR) is 77.2 cm³/mol. The Morgan fingerprint density at radius 1 is 1.11 bits per heavy atom. The van der Waals surface area contributed by atoms with Crippen LogP contribution in [0.25, 0.3) is 10.9 Å². The molecule has 1 heterocycles. The summed E-state index contributed by atoms with van der Waals surface area (Å²) >= 11 is 0. The summed E-state index contributed by atoms with van der Waals surface area (Å²) in [5.41, 5.74) is 9.06. The summed E-state index contributed by atoms with van der Waals surface area (Å²) in [5.74, 6) is 0.113. The Kier molecular flexibility index (Phi) is 2.80. The number of hydrogen-bond acceptors (Lipinski definition) is 2. The number of aromatic amines is 1. The second kappa shape index (κ2) is 4.61. The van der Waals surface area contributed by atoms with Gasteiger partial charge < -0.3 is 10.7 Å². The third-order valence-corrected chi connectivity index (χ3v) is 3.21. The summed E-state index contributed by atoms with van der Waals surface area (Å²) in [6.45, 7) is 0. The zero-order valence-electron chi connectivity index (χ0n) is 10.4. The van der Waals surface area contributed by atoms with E-state index in [-0.39, 0.29) is 5.78 Å². The molecule has 0 aliphatic heterocycles. The average Bonchev–Trinajstić information content (AvgIpc) is 2.82. The monoisotopic (exact) mass is 250 g/mol. The fraction of sp³-hybridized carbons (Fsp3) is 0.0625. The lowest BCUT2D eigenvalue weighted by Crippen LogP contribution is -2.02. The van der Waals surface area contributed by atoms with Crippen molar-refractivity contribution in [1.82, 2.24) is 4.98 Å². The van der Waals surface area contributed by atoms with E-state index in [1.807, 2.05) is 48.5 Å². The minimum atomic E-state index is 0.113. The summed E-state index contributed by atoms with van der Waals surface area (Å²) in [5, 5.41) is 0.926. The molecule has 0 spiro atoms. The van der Waals surface area contributed by atoms with Crippen LogP contribution in [-0.4, -0.2) is 10.8 Å². The number of rotatable bonds is 3. The quantitative estimate of drug-likeness (QED) is 0.554. The molecule has 0 saturated heterocycles. The van der Waals surface area contributed by atoms with Gasteiger partial charge in [0.15, 0.2) is 5.78 Å². The maximum atomic E-state index is 12.3. The van der Waals surface area contributed by atoms with E-state index in [4.69, 9.17) is 5.73 Å². The van der Waals surface area contributed by atoms with Gasteiger partial charge in [0.05, 0.1) is 0 Å². The molecule has 0 aliphatic rings. The van der Waals surface area contributed by atoms with Gasteiger partial charge in [0.1, 0.15) is 0 Å². The van der Waals surface area contributed by atoms with Gasteiger partial charge in [-0.05, 0) is 17.7 Å². The number of hydrogen-bond donors (Lipinski definition) is 2. The minimum Gasteiger partial charge on any atom is -0.399 e. The van der Waals surface area contributed by atoms with E-state index in [1.165, 1.54) is 0 Å². The Balaban J connectivity index is 1.94. The highest BCUT2D eigenvalue weighted by atomic mass is 16.1. The number of Topliss-reactive ketones (excluding diaryl/α,β-unsaturated/α-hetero) is 1. The van der Waals surface area contributed by atoms with E-state index in [1.54, 1.807) is 6.20 Å². The third-order valence-electron chi connectivity index (χ3n) is 3.21. The average molecular weight is 250 g/mol. The van der Waals surface area contributed by atoms with Gasteiger partial charge in [0, 0.05) is 34.8 Å². The molecule has 94 valence electrons. The van der Waals surface area contributed by atoms with E-state index in [2.05, 4.69) is 4.98 Å². The number of benzene rings is 2. The highest BCUT2D eigenvalue weighted by Crippen LogP contribution is 2.22. The zero-order valence-corrected chi connectivity index (χ0v) is 10.4. The van der Waals surface area contributed by atoms with Crippen LogP contribution in [0.4, 0.5) is 5.69 Å². The molecular weight excluding hydrogens is 236 g/mol. The molecule has 3 nitrogen and oxygen atoms in total. The van der Waals surface area contributed by atoms with Crippen LogP contribution < -0.4 is 5.73 Å². The number of nitrogen functional groups attached to an aromatic ring is 1. The van der Waals surface area contributed by atoms with Gasteiger partial charge in [-0.1, -0.05) is 36.4 Å². The van der Waals surface area contributed by atoms with Gasteiger partial charge in [-0.3, -0.25) is 4.79 Å². The molecule has 3 aromatic rings. The number of nitrogens with two attached hydrogens (primary N) is 1. The Morgan fingerprint density at radius 2 is 1.89 bits per heavy atom. The maximum absolute atomic E-state index is 12.3. The van der Waals surface area contributed by atoms with Crippen molar-refractivity contribution < 1.29 is 4.79 Å². The van der Waals surface area contributed by atoms with Crippen molar-refractivity contribution in [3.63, 3.8) is 0 Å². The molecule has 0 aliphatic carbocycles. The number of carbonyl (C=O) groups is 1. The van der Waals surface area contributed by atoms with Gasteiger partial charge >= 0.3 is 0 Å². The summed E-state index contributed by atoms with van der Waals surface area (Å²) < 4.78 is 0. The molecule has 0 bridgehead atoms. The minimum absolute atomic E-state index is 0.113. The Hall–Kier alpha value is -2.55. The maximum Gasteiger partial charge on any atom is 0.169 e. The van der Waals surface area contributed by atoms with Crippen molar-refractivity contribution >= 4 is 22.4 Å². The summed E-state index contributed by atoms with van der Waals surface area (Å²) in [7, 11) is 0. The SMILES string of the molecule is Nc1ccc2c(C(=O)Cc3ccccc3)c[nH]c2c1. The zero-order chi connectivity index (χ0) is 13.2. The Bertz CT molecular complexity index is 729. The summed E-state index contributed by atoms with van der Waals surface area (Å²) in [6.07, 6.45) is 2.17. The molecule has 0 unspecified atom stereocenters. The van der Waals surface area contributed by atoms with Gasteiger partial charge in [-0.2, -0.15) is 0 Å². The first-order valence-corrected chi connectivity index (χ1v) is 6.18. The van der Waals surface area contributed by atoms with Crippen LogP contribution in [-0.2, 0) is 6.42 Å². The van der Waals surface area contributed by atoms with Crippen LogP contribution in [0, 0.1) is 0 Å². The molecule has 19 heavy (non-hydrogen) atoms. The lowest BCUT2D eigenvalue weighted by molar-refractivity contribution is 0.0994. The largest absolute Gasteiger partial charge is 0.399 e. The molecule has 0 saturated carbocycles. The molecule has 0 atom stereocenters. The molecule has 3 N–H and O–H groups in total. The van der Waals surface area contributed by atoms with E-state index < -0.39 is 0 Å². The van der Waals surface area contributed by atoms with E-state index >= 15 is 0 Å².